The Bertz CT molecular complexity index is 694. The average molecular weight is 270 g/mol. The Balaban J connectivity index is 2.33. The van der Waals surface area contributed by atoms with Crippen molar-refractivity contribution >= 4 is 17.4 Å². The number of para-hydroxylation sites is 1. The number of amides is 1. The Morgan fingerprint density at radius 3 is 2.85 bits per heavy atom. The first-order valence-electron chi connectivity index (χ1n) is 5.79. The van der Waals surface area contributed by atoms with Gasteiger partial charge in [-0.1, -0.05) is 12.1 Å². The molecular formula is C14H11FN4O. The minimum absolute atomic E-state index is 0.0697. The predicted octanol–water partition coefficient (Wildman–Crippen LogP) is 2.39. The quantitative estimate of drug-likeness (QED) is 0.897. The molecule has 0 atom stereocenters. The standard InChI is InChI=1S/C14H11FN4O/c1-17-13-11(6-10(15)8-18-13)14(20)19-12-5-3-2-4-9(12)7-16/h2-6,8H,1H3,(H,17,18)(H,19,20). The highest BCUT2D eigenvalue weighted by Gasteiger charge is 2.14. The summed E-state index contributed by atoms with van der Waals surface area (Å²) in [5, 5.41) is 14.2. The molecule has 0 unspecified atom stereocenters. The number of rotatable bonds is 3. The second-order valence-corrected chi connectivity index (χ2v) is 3.91. The zero-order valence-corrected chi connectivity index (χ0v) is 10.6. The smallest absolute Gasteiger partial charge is 0.259 e. The molecule has 1 heterocycles. The number of nitrogens with one attached hydrogen (secondary N) is 2. The Hall–Kier alpha value is -2.94. The van der Waals surface area contributed by atoms with E-state index >= 15 is 0 Å². The number of hydrogen-bond donors (Lipinski definition) is 2. The Morgan fingerprint density at radius 2 is 2.15 bits per heavy atom. The molecule has 0 spiro atoms. The molecule has 5 nitrogen and oxygen atoms in total. The van der Waals surface area contributed by atoms with Gasteiger partial charge in [0, 0.05) is 7.05 Å². The molecule has 0 bridgehead atoms. The fourth-order valence-corrected chi connectivity index (χ4v) is 1.69. The van der Waals surface area contributed by atoms with E-state index in [1.807, 2.05) is 6.07 Å². The third-order valence-electron chi connectivity index (χ3n) is 2.63. The van der Waals surface area contributed by atoms with Crippen LogP contribution in [0.5, 0.6) is 0 Å². The van der Waals surface area contributed by atoms with Crippen LogP contribution in [0.25, 0.3) is 0 Å². The Morgan fingerprint density at radius 1 is 1.40 bits per heavy atom. The zero-order valence-electron chi connectivity index (χ0n) is 10.6. The van der Waals surface area contributed by atoms with Gasteiger partial charge in [0.05, 0.1) is 23.0 Å². The molecule has 1 aromatic heterocycles. The van der Waals surface area contributed by atoms with Gasteiger partial charge in [-0.3, -0.25) is 4.79 Å². The maximum absolute atomic E-state index is 13.2. The highest BCUT2D eigenvalue weighted by Crippen LogP contribution is 2.18. The fraction of sp³-hybridized carbons (Fsp3) is 0.0714. The molecule has 2 rings (SSSR count). The van der Waals surface area contributed by atoms with E-state index in [1.165, 1.54) is 0 Å². The van der Waals surface area contributed by atoms with Crippen LogP contribution in [0.4, 0.5) is 15.9 Å². The fourth-order valence-electron chi connectivity index (χ4n) is 1.69. The largest absolute Gasteiger partial charge is 0.372 e. The number of halogens is 1. The van der Waals surface area contributed by atoms with E-state index in [1.54, 1.807) is 31.3 Å². The van der Waals surface area contributed by atoms with Crippen LogP contribution in [0.2, 0.25) is 0 Å². The van der Waals surface area contributed by atoms with Crippen LogP contribution in [0.3, 0.4) is 0 Å². The highest BCUT2D eigenvalue weighted by molar-refractivity contribution is 6.07. The molecule has 0 aliphatic carbocycles. The van der Waals surface area contributed by atoms with Crippen molar-refractivity contribution in [3.8, 4) is 6.07 Å². The molecule has 0 saturated carbocycles. The van der Waals surface area contributed by atoms with Crippen molar-refractivity contribution in [1.82, 2.24) is 4.98 Å². The van der Waals surface area contributed by atoms with E-state index in [0.717, 1.165) is 12.3 Å². The number of carbonyl (C=O) groups is 1. The minimum atomic E-state index is -0.609. The molecule has 100 valence electrons. The van der Waals surface area contributed by atoms with Crippen LogP contribution in [0.15, 0.2) is 36.5 Å². The summed E-state index contributed by atoms with van der Waals surface area (Å²) in [6.45, 7) is 0. The normalized spacial score (nSPS) is 9.65. The first-order valence-corrected chi connectivity index (χ1v) is 5.79. The van der Waals surface area contributed by atoms with Gasteiger partial charge in [0.2, 0.25) is 0 Å². The highest BCUT2D eigenvalue weighted by atomic mass is 19.1. The molecule has 1 amide bonds. The third-order valence-corrected chi connectivity index (χ3v) is 2.63. The molecule has 0 fully saturated rings. The van der Waals surface area contributed by atoms with Gasteiger partial charge in [0.15, 0.2) is 0 Å². The second-order valence-electron chi connectivity index (χ2n) is 3.91. The molecule has 0 saturated heterocycles. The van der Waals surface area contributed by atoms with Gasteiger partial charge >= 0.3 is 0 Å². The van der Waals surface area contributed by atoms with Crippen LogP contribution >= 0.6 is 0 Å². The van der Waals surface area contributed by atoms with E-state index in [2.05, 4.69) is 15.6 Å². The lowest BCUT2D eigenvalue weighted by molar-refractivity contribution is 0.102. The number of benzene rings is 1. The number of aromatic nitrogens is 1. The average Bonchev–Trinajstić information content (AvgIpc) is 2.47. The van der Waals surface area contributed by atoms with Crippen LogP contribution in [0, 0.1) is 17.1 Å². The molecule has 0 aliphatic rings. The lowest BCUT2D eigenvalue weighted by Crippen LogP contribution is -2.16. The summed E-state index contributed by atoms with van der Waals surface area (Å²) in [6.07, 6.45) is 1.02. The van der Waals surface area contributed by atoms with Crippen LogP contribution in [0.1, 0.15) is 15.9 Å². The molecule has 0 radical (unpaired) electrons. The van der Waals surface area contributed by atoms with Crippen LogP contribution in [-0.4, -0.2) is 17.9 Å². The SMILES string of the molecule is CNc1ncc(F)cc1C(=O)Nc1ccccc1C#N. The third kappa shape index (κ3) is 2.72. The molecule has 1 aromatic carbocycles. The van der Waals surface area contributed by atoms with Gasteiger partial charge in [-0.15, -0.1) is 0 Å². The number of nitriles is 1. The Labute approximate surface area is 115 Å². The van der Waals surface area contributed by atoms with E-state index in [-0.39, 0.29) is 11.4 Å². The number of pyridine rings is 1. The zero-order chi connectivity index (χ0) is 14.5. The number of carbonyl (C=O) groups excluding carboxylic acids is 1. The Kier molecular flexibility index (Phi) is 3.91. The van der Waals surface area contributed by atoms with E-state index in [4.69, 9.17) is 5.26 Å². The monoisotopic (exact) mass is 270 g/mol. The molecule has 2 N–H and O–H groups in total. The van der Waals surface area contributed by atoms with Crippen molar-refractivity contribution in [3.05, 3.63) is 53.5 Å². The first-order chi connectivity index (χ1) is 9.65. The topological polar surface area (TPSA) is 77.8 Å². The van der Waals surface area contributed by atoms with Crippen molar-refractivity contribution in [2.24, 2.45) is 0 Å². The number of anilines is 2. The van der Waals surface area contributed by atoms with Crippen molar-refractivity contribution in [3.63, 3.8) is 0 Å². The molecular weight excluding hydrogens is 259 g/mol. The summed E-state index contributed by atoms with van der Waals surface area (Å²) >= 11 is 0. The lowest BCUT2D eigenvalue weighted by atomic mass is 10.1. The maximum Gasteiger partial charge on any atom is 0.259 e. The summed E-state index contributed by atoms with van der Waals surface area (Å²) in [5.41, 5.74) is 0.766. The summed E-state index contributed by atoms with van der Waals surface area (Å²) < 4.78 is 13.2. The van der Waals surface area contributed by atoms with Gasteiger partial charge in [-0.05, 0) is 18.2 Å². The maximum atomic E-state index is 13.2. The van der Waals surface area contributed by atoms with Gasteiger partial charge in [0.1, 0.15) is 17.7 Å². The van der Waals surface area contributed by atoms with Crippen molar-refractivity contribution in [2.45, 2.75) is 0 Å². The predicted molar refractivity (Wildman–Crippen MR) is 72.9 cm³/mol. The van der Waals surface area contributed by atoms with Crippen molar-refractivity contribution in [1.29, 1.82) is 5.26 Å². The lowest BCUT2D eigenvalue weighted by Gasteiger charge is -2.10. The minimum Gasteiger partial charge on any atom is -0.372 e. The van der Waals surface area contributed by atoms with E-state index in [9.17, 15) is 9.18 Å². The summed E-state index contributed by atoms with van der Waals surface area (Å²) in [5.74, 6) is -0.884. The summed E-state index contributed by atoms with van der Waals surface area (Å²) in [4.78, 5) is 15.9. The summed E-state index contributed by atoms with van der Waals surface area (Å²) in [7, 11) is 1.58. The molecule has 2 aromatic rings. The number of hydrogen-bond acceptors (Lipinski definition) is 4. The molecule has 0 aliphatic heterocycles. The first kappa shape index (κ1) is 13.5. The number of nitrogens with zero attached hydrogens (tertiary/aromatic N) is 2. The van der Waals surface area contributed by atoms with Gasteiger partial charge < -0.3 is 10.6 Å². The van der Waals surface area contributed by atoms with Crippen molar-refractivity contribution in [2.75, 3.05) is 17.7 Å². The van der Waals surface area contributed by atoms with E-state index in [0.29, 0.717) is 11.3 Å². The molecule has 6 heteroatoms. The van der Waals surface area contributed by atoms with Gasteiger partial charge in [-0.2, -0.15) is 5.26 Å². The van der Waals surface area contributed by atoms with E-state index < -0.39 is 11.7 Å². The van der Waals surface area contributed by atoms with Crippen molar-refractivity contribution < 1.29 is 9.18 Å². The summed E-state index contributed by atoms with van der Waals surface area (Å²) in [6, 6.07) is 9.63. The van der Waals surface area contributed by atoms with Gasteiger partial charge in [0.25, 0.3) is 5.91 Å². The molecule has 20 heavy (non-hydrogen) atoms. The van der Waals surface area contributed by atoms with Gasteiger partial charge in [-0.25, -0.2) is 9.37 Å². The van der Waals surface area contributed by atoms with Crippen LogP contribution in [-0.2, 0) is 0 Å². The van der Waals surface area contributed by atoms with Crippen LogP contribution < -0.4 is 10.6 Å². The second kappa shape index (κ2) is 5.80.